The first-order valence-electron chi connectivity index (χ1n) is 8.98. The van der Waals surface area contributed by atoms with Gasteiger partial charge in [-0.15, -0.1) is 0 Å². The van der Waals surface area contributed by atoms with Gasteiger partial charge in [-0.25, -0.2) is 0 Å². The highest BCUT2D eigenvalue weighted by Crippen LogP contribution is 2.31. The summed E-state index contributed by atoms with van der Waals surface area (Å²) in [6.45, 7) is 3.04. The molecule has 5 heteroatoms. The largest absolute Gasteiger partial charge is 0.324 e. The van der Waals surface area contributed by atoms with E-state index in [0.717, 1.165) is 18.7 Å². The molecule has 0 saturated carbocycles. The number of carbonyl (C=O) groups is 2. The van der Waals surface area contributed by atoms with Gasteiger partial charge in [-0.2, -0.15) is 0 Å². The van der Waals surface area contributed by atoms with Crippen LogP contribution in [0.15, 0.2) is 54.6 Å². The van der Waals surface area contributed by atoms with Crippen molar-refractivity contribution in [3.8, 4) is 0 Å². The summed E-state index contributed by atoms with van der Waals surface area (Å²) >= 11 is 0. The van der Waals surface area contributed by atoms with E-state index in [1.165, 1.54) is 5.56 Å². The van der Waals surface area contributed by atoms with Gasteiger partial charge in [-0.3, -0.25) is 14.5 Å². The molecule has 0 spiro atoms. The average Bonchev–Trinajstić information content (AvgIpc) is 2.75. The Hall–Kier alpha value is -2.66. The third-order valence-corrected chi connectivity index (χ3v) is 4.66. The molecule has 0 saturated heterocycles. The summed E-state index contributed by atoms with van der Waals surface area (Å²) in [6, 6.07) is 17.6. The highest BCUT2D eigenvalue weighted by atomic mass is 16.2. The van der Waals surface area contributed by atoms with Gasteiger partial charge in [0.25, 0.3) is 0 Å². The molecular weight excluding hydrogens is 326 g/mol. The maximum atomic E-state index is 13.0. The Morgan fingerprint density at radius 3 is 2.62 bits per heavy atom. The Morgan fingerprint density at radius 2 is 1.85 bits per heavy atom. The molecule has 0 radical (unpaired) electrons. The predicted octanol–water partition coefficient (Wildman–Crippen LogP) is 2.92. The number of hydrogen-bond acceptors (Lipinski definition) is 3. The molecule has 1 atom stereocenters. The van der Waals surface area contributed by atoms with E-state index in [0.29, 0.717) is 18.7 Å². The molecule has 0 fully saturated rings. The lowest BCUT2D eigenvalue weighted by atomic mass is 10.1. The number of carbonyl (C=O) groups excluding carboxylic acids is 2. The second kappa shape index (κ2) is 8.15. The van der Waals surface area contributed by atoms with Crippen LogP contribution in [-0.2, 0) is 16.0 Å². The van der Waals surface area contributed by atoms with Crippen LogP contribution < -0.4 is 10.2 Å². The smallest absolute Gasteiger partial charge is 0.241 e. The zero-order chi connectivity index (χ0) is 18.5. The number of likely N-dealkylation sites (N-methyl/N-ethyl adjacent to an activating group) is 1. The van der Waals surface area contributed by atoms with E-state index < -0.39 is 0 Å². The van der Waals surface area contributed by atoms with Crippen LogP contribution in [0.5, 0.6) is 0 Å². The third kappa shape index (κ3) is 4.29. The van der Waals surface area contributed by atoms with E-state index in [1.807, 2.05) is 61.3 Å². The fourth-order valence-corrected chi connectivity index (χ4v) is 3.32. The molecule has 26 heavy (non-hydrogen) atoms. The summed E-state index contributed by atoms with van der Waals surface area (Å²) in [4.78, 5) is 28.8. The number of para-hydroxylation sites is 2. The number of nitrogens with zero attached hydrogens (tertiary/aromatic N) is 2. The van der Waals surface area contributed by atoms with Crippen LogP contribution in [0, 0.1) is 0 Å². The molecule has 5 nitrogen and oxygen atoms in total. The molecule has 1 aliphatic heterocycles. The van der Waals surface area contributed by atoms with Crippen LogP contribution in [0.25, 0.3) is 0 Å². The van der Waals surface area contributed by atoms with Crippen LogP contribution in [0.4, 0.5) is 11.4 Å². The molecule has 2 amide bonds. The number of hydrogen-bond donors (Lipinski definition) is 1. The molecule has 1 unspecified atom stereocenters. The summed E-state index contributed by atoms with van der Waals surface area (Å²) in [6.07, 6.45) is 1.20. The van der Waals surface area contributed by atoms with Crippen LogP contribution in [-0.4, -0.2) is 42.9 Å². The van der Waals surface area contributed by atoms with Crippen molar-refractivity contribution in [3.05, 3.63) is 60.2 Å². The van der Waals surface area contributed by atoms with Crippen molar-refractivity contribution >= 4 is 23.2 Å². The average molecular weight is 351 g/mol. The first-order chi connectivity index (χ1) is 12.5. The SMILES string of the molecule is CC1CC(=O)Nc2ccccc2N1C(=O)CN(C)CCc1ccccc1. The molecule has 1 N–H and O–H groups in total. The van der Waals surface area contributed by atoms with Gasteiger partial charge in [0.2, 0.25) is 11.8 Å². The monoisotopic (exact) mass is 351 g/mol. The van der Waals surface area contributed by atoms with Gasteiger partial charge < -0.3 is 10.2 Å². The number of anilines is 2. The summed E-state index contributed by atoms with van der Waals surface area (Å²) in [7, 11) is 1.96. The van der Waals surface area contributed by atoms with Crippen molar-refractivity contribution in [3.63, 3.8) is 0 Å². The van der Waals surface area contributed by atoms with Crippen LogP contribution in [0.1, 0.15) is 18.9 Å². The van der Waals surface area contributed by atoms with Crippen molar-refractivity contribution in [2.24, 2.45) is 0 Å². The standard InChI is InChI=1S/C21H25N3O2/c1-16-14-20(25)22-18-10-6-7-11-19(18)24(16)21(26)15-23(2)13-12-17-8-4-3-5-9-17/h3-11,16H,12-15H2,1-2H3,(H,22,25). The molecule has 0 bridgehead atoms. The molecule has 0 aliphatic carbocycles. The Bertz CT molecular complexity index is 776. The molecule has 3 rings (SSSR count). The first kappa shape index (κ1) is 18.1. The molecule has 2 aromatic rings. The lowest BCUT2D eigenvalue weighted by molar-refractivity contribution is -0.120. The molecule has 2 aromatic carbocycles. The summed E-state index contributed by atoms with van der Waals surface area (Å²) < 4.78 is 0. The van der Waals surface area contributed by atoms with E-state index in [4.69, 9.17) is 0 Å². The summed E-state index contributed by atoms with van der Waals surface area (Å²) in [5, 5.41) is 2.89. The third-order valence-electron chi connectivity index (χ3n) is 4.66. The van der Waals surface area contributed by atoms with Gasteiger partial charge in [-0.1, -0.05) is 42.5 Å². The first-order valence-corrected chi connectivity index (χ1v) is 8.98. The van der Waals surface area contributed by atoms with Crippen molar-refractivity contribution in [1.29, 1.82) is 0 Å². The second-order valence-electron chi connectivity index (χ2n) is 6.86. The quantitative estimate of drug-likeness (QED) is 0.901. The minimum absolute atomic E-state index is 0.0111. The highest BCUT2D eigenvalue weighted by molar-refractivity contribution is 6.04. The van der Waals surface area contributed by atoms with E-state index in [1.54, 1.807) is 4.90 Å². The summed E-state index contributed by atoms with van der Waals surface area (Å²) in [5.41, 5.74) is 2.73. The maximum absolute atomic E-state index is 13.0. The lowest BCUT2D eigenvalue weighted by Crippen LogP contribution is -2.44. The number of amides is 2. The zero-order valence-corrected chi connectivity index (χ0v) is 15.3. The molecule has 1 aliphatic rings. The van der Waals surface area contributed by atoms with Crippen molar-refractivity contribution in [2.75, 3.05) is 30.4 Å². The van der Waals surface area contributed by atoms with E-state index in [2.05, 4.69) is 17.4 Å². The number of nitrogens with one attached hydrogen (secondary N) is 1. The van der Waals surface area contributed by atoms with Gasteiger partial charge >= 0.3 is 0 Å². The predicted molar refractivity (Wildman–Crippen MR) is 104 cm³/mol. The molecule has 136 valence electrons. The van der Waals surface area contributed by atoms with Crippen molar-refractivity contribution in [1.82, 2.24) is 4.90 Å². The van der Waals surface area contributed by atoms with E-state index in [-0.39, 0.29) is 17.9 Å². The fourth-order valence-electron chi connectivity index (χ4n) is 3.32. The number of fused-ring (bicyclic) bond motifs is 1. The molecular formula is C21H25N3O2. The molecule has 0 aromatic heterocycles. The van der Waals surface area contributed by atoms with E-state index in [9.17, 15) is 9.59 Å². The minimum Gasteiger partial charge on any atom is -0.324 e. The van der Waals surface area contributed by atoms with Crippen LogP contribution in [0.3, 0.4) is 0 Å². The number of rotatable bonds is 5. The topological polar surface area (TPSA) is 52.7 Å². The Kier molecular flexibility index (Phi) is 5.68. The van der Waals surface area contributed by atoms with Gasteiger partial charge in [0, 0.05) is 19.0 Å². The van der Waals surface area contributed by atoms with E-state index >= 15 is 0 Å². The normalized spacial score (nSPS) is 16.8. The highest BCUT2D eigenvalue weighted by Gasteiger charge is 2.29. The zero-order valence-electron chi connectivity index (χ0n) is 15.3. The molecule has 1 heterocycles. The maximum Gasteiger partial charge on any atom is 0.241 e. The van der Waals surface area contributed by atoms with Crippen molar-refractivity contribution in [2.45, 2.75) is 25.8 Å². The van der Waals surface area contributed by atoms with Gasteiger partial charge in [0.1, 0.15) is 0 Å². The van der Waals surface area contributed by atoms with Gasteiger partial charge in [-0.05, 0) is 38.1 Å². The Balaban J connectivity index is 1.69. The Labute approximate surface area is 154 Å². The van der Waals surface area contributed by atoms with Gasteiger partial charge in [0.05, 0.1) is 17.9 Å². The lowest BCUT2D eigenvalue weighted by Gasteiger charge is -2.29. The minimum atomic E-state index is -0.173. The van der Waals surface area contributed by atoms with Gasteiger partial charge in [0.15, 0.2) is 0 Å². The Morgan fingerprint density at radius 1 is 1.15 bits per heavy atom. The summed E-state index contributed by atoms with van der Waals surface area (Å²) in [5.74, 6) is -0.0466. The van der Waals surface area contributed by atoms with Crippen LogP contribution >= 0.6 is 0 Å². The second-order valence-corrected chi connectivity index (χ2v) is 6.86. The van der Waals surface area contributed by atoms with Crippen LogP contribution in [0.2, 0.25) is 0 Å². The fraction of sp³-hybridized carbons (Fsp3) is 0.333. The van der Waals surface area contributed by atoms with Crippen molar-refractivity contribution < 1.29 is 9.59 Å². The number of benzene rings is 2.